The summed E-state index contributed by atoms with van der Waals surface area (Å²) in [6.45, 7) is 3.14. The van der Waals surface area contributed by atoms with Crippen molar-refractivity contribution in [3.63, 3.8) is 0 Å². The van der Waals surface area contributed by atoms with Gasteiger partial charge in [0.2, 0.25) is 0 Å². The number of ether oxygens (including phenoxy) is 1. The molecule has 0 spiro atoms. The van der Waals surface area contributed by atoms with Gasteiger partial charge in [0.25, 0.3) is 0 Å². The molecule has 1 aromatic carbocycles. The third-order valence-corrected chi connectivity index (χ3v) is 2.85. The highest BCUT2D eigenvalue weighted by atomic mass is 19.1. The van der Waals surface area contributed by atoms with Crippen molar-refractivity contribution in [2.24, 2.45) is 0 Å². The van der Waals surface area contributed by atoms with E-state index in [1.807, 2.05) is 6.92 Å². The molecule has 2 N–H and O–H groups in total. The second kappa shape index (κ2) is 5.71. The Kier molecular flexibility index (Phi) is 4.02. The Balaban J connectivity index is 2.07. The molecule has 1 aliphatic heterocycles. The van der Waals surface area contributed by atoms with Gasteiger partial charge >= 0.3 is 6.03 Å². The zero-order chi connectivity index (χ0) is 13.0. The molecule has 4 nitrogen and oxygen atoms in total. The Morgan fingerprint density at radius 1 is 1.56 bits per heavy atom. The average Bonchev–Trinajstić information content (AvgIpc) is 2.37. The minimum atomic E-state index is -0.319. The number of urea groups is 1. The van der Waals surface area contributed by atoms with Crippen LogP contribution in [0, 0.1) is 5.82 Å². The van der Waals surface area contributed by atoms with E-state index < -0.39 is 0 Å². The van der Waals surface area contributed by atoms with Crippen LogP contribution in [0.2, 0.25) is 0 Å². The van der Waals surface area contributed by atoms with Crippen molar-refractivity contribution in [3.05, 3.63) is 29.6 Å². The first-order valence-electron chi connectivity index (χ1n) is 6.17. The standard InChI is InChI=1S/C13H17FN2O2/c1-2-6-15-13(17)16-11-5-7-18-12-4-3-9(14)8-10(11)12/h3-4,8,11H,2,5-7H2,1H3,(H2,15,16,17). The maximum atomic E-state index is 13.2. The zero-order valence-electron chi connectivity index (χ0n) is 10.3. The Labute approximate surface area is 106 Å². The van der Waals surface area contributed by atoms with Crippen molar-refractivity contribution in [1.82, 2.24) is 10.6 Å². The maximum Gasteiger partial charge on any atom is 0.315 e. The third kappa shape index (κ3) is 2.91. The van der Waals surface area contributed by atoms with Gasteiger partial charge in [-0.15, -0.1) is 0 Å². The number of hydrogen-bond acceptors (Lipinski definition) is 2. The molecule has 2 amide bonds. The van der Waals surface area contributed by atoms with Crippen molar-refractivity contribution < 1.29 is 13.9 Å². The number of halogens is 1. The van der Waals surface area contributed by atoms with Gasteiger partial charge in [0, 0.05) is 18.5 Å². The van der Waals surface area contributed by atoms with E-state index in [2.05, 4.69) is 10.6 Å². The lowest BCUT2D eigenvalue weighted by Gasteiger charge is -2.26. The molecule has 2 rings (SSSR count). The van der Waals surface area contributed by atoms with Gasteiger partial charge in [0.05, 0.1) is 12.6 Å². The SMILES string of the molecule is CCCNC(=O)NC1CCOc2ccc(F)cc21. The van der Waals surface area contributed by atoms with E-state index >= 15 is 0 Å². The largest absolute Gasteiger partial charge is 0.493 e. The number of carbonyl (C=O) groups is 1. The van der Waals surface area contributed by atoms with Crippen molar-refractivity contribution in [2.75, 3.05) is 13.2 Å². The van der Waals surface area contributed by atoms with Gasteiger partial charge < -0.3 is 15.4 Å². The highest BCUT2D eigenvalue weighted by Gasteiger charge is 2.23. The van der Waals surface area contributed by atoms with Crippen molar-refractivity contribution >= 4 is 6.03 Å². The van der Waals surface area contributed by atoms with Gasteiger partial charge in [-0.1, -0.05) is 6.92 Å². The summed E-state index contributed by atoms with van der Waals surface area (Å²) in [6.07, 6.45) is 1.53. The Hall–Kier alpha value is -1.78. The molecule has 0 fully saturated rings. The number of hydrogen-bond donors (Lipinski definition) is 2. The Bertz CT molecular complexity index is 437. The molecular weight excluding hydrogens is 235 g/mol. The van der Waals surface area contributed by atoms with E-state index in [-0.39, 0.29) is 17.9 Å². The van der Waals surface area contributed by atoms with Crippen LogP contribution in [0.4, 0.5) is 9.18 Å². The minimum Gasteiger partial charge on any atom is -0.493 e. The highest BCUT2D eigenvalue weighted by Crippen LogP contribution is 2.32. The number of amides is 2. The van der Waals surface area contributed by atoms with Crippen LogP contribution in [0.25, 0.3) is 0 Å². The zero-order valence-corrected chi connectivity index (χ0v) is 10.3. The first-order valence-corrected chi connectivity index (χ1v) is 6.17. The van der Waals surface area contributed by atoms with Crippen molar-refractivity contribution in [2.45, 2.75) is 25.8 Å². The smallest absolute Gasteiger partial charge is 0.315 e. The Morgan fingerprint density at radius 3 is 3.17 bits per heavy atom. The number of fused-ring (bicyclic) bond motifs is 1. The fourth-order valence-electron chi connectivity index (χ4n) is 1.96. The second-order valence-corrected chi connectivity index (χ2v) is 4.27. The van der Waals surface area contributed by atoms with Crippen LogP contribution in [0.1, 0.15) is 31.4 Å². The van der Waals surface area contributed by atoms with Crippen molar-refractivity contribution in [3.8, 4) is 5.75 Å². The molecule has 0 aromatic heterocycles. The number of nitrogens with one attached hydrogen (secondary N) is 2. The third-order valence-electron chi connectivity index (χ3n) is 2.85. The summed E-state index contributed by atoms with van der Waals surface area (Å²) in [4.78, 5) is 11.6. The molecule has 0 saturated carbocycles. The first-order chi connectivity index (χ1) is 8.70. The molecule has 1 unspecified atom stereocenters. The summed E-state index contributed by atoms with van der Waals surface area (Å²) in [5.41, 5.74) is 0.702. The summed E-state index contributed by atoms with van der Waals surface area (Å²) >= 11 is 0. The summed E-state index contributed by atoms with van der Waals surface area (Å²) < 4.78 is 18.7. The molecule has 1 atom stereocenters. The monoisotopic (exact) mass is 252 g/mol. The lowest BCUT2D eigenvalue weighted by atomic mass is 10.0. The lowest BCUT2D eigenvalue weighted by Crippen LogP contribution is -2.39. The molecule has 1 aliphatic rings. The van der Waals surface area contributed by atoms with E-state index in [1.165, 1.54) is 12.1 Å². The molecule has 0 saturated heterocycles. The van der Waals surface area contributed by atoms with Crippen LogP contribution in [0.5, 0.6) is 5.75 Å². The van der Waals surface area contributed by atoms with Gasteiger partial charge in [-0.05, 0) is 24.6 Å². The Morgan fingerprint density at radius 2 is 2.39 bits per heavy atom. The lowest BCUT2D eigenvalue weighted by molar-refractivity contribution is 0.223. The molecule has 0 bridgehead atoms. The maximum absolute atomic E-state index is 13.2. The normalized spacial score (nSPS) is 17.6. The van der Waals surface area contributed by atoms with Gasteiger partial charge in [0.1, 0.15) is 11.6 Å². The van der Waals surface area contributed by atoms with Gasteiger partial charge in [-0.25, -0.2) is 9.18 Å². The summed E-state index contributed by atoms with van der Waals surface area (Å²) in [5, 5.41) is 5.58. The van der Waals surface area contributed by atoms with Crippen LogP contribution >= 0.6 is 0 Å². The van der Waals surface area contributed by atoms with Crippen LogP contribution in [0.15, 0.2) is 18.2 Å². The molecule has 1 heterocycles. The van der Waals surface area contributed by atoms with E-state index in [0.29, 0.717) is 30.9 Å². The van der Waals surface area contributed by atoms with Gasteiger partial charge in [0.15, 0.2) is 0 Å². The van der Waals surface area contributed by atoms with Crippen LogP contribution in [0.3, 0.4) is 0 Å². The topological polar surface area (TPSA) is 50.4 Å². The number of carbonyl (C=O) groups excluding carboxylic acids is 1. The van der Waals surface area contributed by atoms with Crippen molar-refractivity contribution in [1.29, 1.82) is 0 Å². The number of rotatable bonds is 3. The summed E-state index contributed by atoms with van der Waals surface area (Å²) in [6, 6.07) is 3.96. The summed E-state index contributed by atoms with van der Waals surface area (Å²) in [7, 11) is 0. The molecule has 1 aromatic rings. The molecule has 0 aliphatic carbocycles. The highest BCUT2D eigenvalue weighted by molar-refractivity contribution is 5.74. The van der Waals surface area contributed by atoms with E-state index in [9.17, 15) is 9.18 Å². The van der Waals surface area contributed by atoms with E-state index in [4.69, 9.17) is 4.74 Å². The quantitative estimate of drug-likeness (QED) is 0.867. The molecule has 98 valence electrons. The minimum absolute atomic E-state index is 0.193. The average molecular weight is 252 g/mol. The predicted octanol–water partition coefficient (Wildman–Crippen LogP) is 2.36. The van der Waals surface area contributed by atoms with E-state index in [1.54, 1.807) is 6.07 Å². The molecule has 5 heteroatoms. The summed E-state index contributed by atoms with van der Waals surface area (Å²) in [5.74, 6) is 0.323. The fraction of sp³-hybridized carbons (Fsp3) is 0.462. The molecule has 18 heavy (non-hydrogen) atoms. The molecule has 0 radical (unpaired) electrons. The van der Waals surface area contributed by atoms with Crippen LogP contribution in [-0.4, -0.2) is 19.2 Å². The van der Waals surface area contributed by atoms with Gasteiger partial charge in [-0.2, -0.15) is 0 Å². The first kappa shape index (κ1) is 12.7. The fourth-order valence-corrected chi connectivity index (χ4v) is 1.96. The van der Waals surface area contributed by atoms with Crippen LogP contribution < -0.4 is 15.4 Å². The van der Waals surface area contributed by atoms with E-state index in [0.717, 1.165) is 6.42 Å². The van der Waals surface area contributed by atoms with Crippen LogP contribution in [-0.2, 0) is 0 Å². The van der Waals surface area contributed by atoms with Gasteiger partial charge in [-0.3, -0.25) is 0 Å². The predicted molar refractivity (Wildman–Crippen MR) is 66.1 cm³/mol. The number of benzene rings is 1. The second-order valence-electron chi connectivity index (χ2n) is 4.27. The molecular formula is C13H17FN2O2.